The molecular formula is C9H11BN3O2. The molecule has 0 bridgehead atoms. The Kier molecular flexibility index (Phi) is 2.30. The topological polar surface area (TPSA) is 56.3 Å². The molecule has 0 spiro atoms. The van der Waals surface area contributed by atoms with Crippen molar-refractivity contribution < 1.29 is 9.69 Å². The van der Waals surface area contributed by atoms with Crippen molar-refractivity contribution in [3.8, 4) is 0 Å². The lowest BCUT2D eigenvalue weighted by Crippen LogP contribution is -2.09. The number of rotatable bonds is 3. The van der Waals surface area contributed by atoms with Gasteiger partial charge in [-0.05, 0) is 18.4 Å². The van der Waals surface area contributed by atoms with E-state index in [1.165, 1.54) is 12.8 Å². The maximum Gasteiger partial charge on any atom is 0.354 e. The van der Waals surface area contributed by atoms with Gasteiger partial charge in [-0.3, -0.25) is 4.89 Å². The molecular weight excluding hydrogens is 193 g/mol. The van der Waals surface area contributed by atoms with Crippen LogP contribution >= 0.6 is 0 Å². The van der Waals surface area contributed by atoms with E-state index < -0.39 is 0 Å². The summed E-state index contributed by atoms with van der Waals surface area (Å²) in [6.45, 7) is 0.540. The van der Waals surface area contributed by atoms with E-state index in [0.717, 1.165) is 5.56 Å². The van der Waals surface area contributed by atoms with Gasteiger partial charge in [0.2, 0.25) is 5.95 Å². The normalized spacial score (nSPS) is 24.9. The molecule has 77 valence electrons. The molecule has 1 saturated carbocycles. The molecule has 0 aromatic carbocycles. The van der Waals surface area contributed by atoms with Crippen LogP contribution in [0.4, 0.5) is 5.95 Å². The number of hydrogen-bond donors (Lipinski definition) is 1. The molecule has 6 heteroatoms. The fourth-order valence-electron chi connectivity index (χ4n) is 1.45. The Labute approximate surface area is 88.4 Å². The molecule has 2 heterocycles. The summed E-state index contributed by atoms with van der Waals surface area (Å²) < 4.78 is 0. The van der Waals surface area contributed by atoms with Crippen molar-refractivity contribution in [2.45, 2.75) is 24.7 Å². The van der Waals surface area contributed by atoms with E-state index in [9.17, 15) is 0 Å². The third kappa shape index (κ3) is 2.10. The van der Waals surface area contributed by atoms with Crippen molar-refractivity contribution in [3.05, 3.63) is 18.0 Å². The lowest BCUT2D eigenvalue weighted by Gasteiger charge is -2.05. The molecule has 1 radical (unpaired) electrons. The standard InChI is InChI=1S/C9H11BN3O2/c1-2-7(1)13-9-11-3-6(4-12-9)8-5-14-15-10-8/h3-4,7-8H,1-2,5H2,(H,11,12,13). The monoisotopic (exact) mass is 204 g/mol. The number of nitrogens with zero attached hydrogens (tertiary/aromatic N) is 2. The van der Waals surface area contributed by atoms with Gasteiger partial charge in [-0.1, -0.05) is 0 Å². The molecule has 1 aromatic heterocycles. The quantitative estimate of drug-likeness (QED) is 0.579. The highest BCUT2D eigenvalue weighted by Gasteiger charge is 2.24. The lowest BCUT2D eigenvalue weighted by molar-refractivity contribution is -0.183. The fraction of sp³-hybridized carbons (Fsp3) is 0.556. The fourth-order valence-corrected chi connectivity index (χ4v) is 1.45. The van der Waals surface area contributed by atoms with Crippen LogP contribution in [0.25, 0.3) is 0 Å². The molecule has 0 amide bonds. The van der Waals surface area contributed by atoms with Gasteiger partial charge in [0.25, 0.3) is 0 Å². The predicted molar refractivity (Wildman–Crippen MR) is 54.2 cm³/mol. The predicted octanol–water partition coefficient (Wildman–Crippen LogP) is 0.673. The number of anilines is 1. The minimum Gasteiger partial charge on any atom is -0.351 e. The summed E-state index contributed by atoms with van der Waals surface area (Å²) >= 11 is 0. The summed E-state index contributed by atoms with van der Waals surface area (Å²) in [6.07, 6.45) is 6.08. The minimum absolute atomic E-state index is 0.153. The van der Waals surface area contributed by atoms with Crippen LogP contribution < -0.4 is 5.32 Å². The van der Waals surface area contributed by atoms with Gasteiger partial charge in [-0.25, -0.2) is 9.97 Å². The molecule has 3 rings (SSSR count). The highest BCUT2D eigenvalue weighted by Crippen LogP contribution is 2.23. The van der Waals surface area contributed by atoms with Crippen LogP contribution in [0.1, 0.15) is 24.2 Å². The molecule has 1 N–H and O–H groups in total. The second-order valence-corrected chi connectivity index (χ2v) is 3.88. The maximum atomic E-state index is 4.79. The van der Waals surface area contributed by atoms with E-state index in [1.807, 2.05) is 12.4 Å². The average molecular weight is 204 g/mol. The Bertz CT molecular complexity index is 336. The van der Waals surface area contributed by atoms with E-state index in [1.54, 1.807) is 7.48 Å². The summed E-state index contributed by atoms with van der Waals surface area (Å²) in [6, 6.07) is 0.584. The summed E-state index contributed by atoms with van der Waals surface area (Å²) in [5.41, 5.74) is 1.02. The molecule has 1 aliphatic heterocycles. The molecule has 1 saturated heterocycles. The third-order valence-corrected chi connectivity index (χ3v) is 2.55. The molecule has 1 unspecified atom stereocenters. The van der Waals surface area contributed by atoms with Crippen LogP contribution in [-0.4, -0.2) is 30.1 Å². The van der Waals surface area contributed by atoms with Crippen LogP contribution in [0.3, 0.4) is 0 Å². The molecule has 2 fully saturated rings. The van der Waals surface area contributed by atoms with Crippen molar-refractivity contribution in [3.63, 3.8) is 0 Å². The molecule has 2 aliphatic rings. The highest BCUT2D eigenvalue weighted by atomic mass is 17.2. The number of hydrogen-bond acceptors (Lipinski definition) is 5. The zero-order valence-corrected chi connectivity index (χ0v) is 8.22. The van der Waals surface area contributed by atoms with E-state index in [4.69, 9.17) is 9.69 Å². The Morgan fingerprint density at radius 2 is 2.13 bits per heavy atom. The Hall–Kier alpha value is -1.14. The van der Waals surface area contributed by atoms with Gasteiger partial charge < -0.3 is 10.1 Å². The maximum absolute atomic E-state index is 4.79. The molecule has 5 nitrogen and oxygen atoms in total. The highest BCUT2D eigenvalue weighted by molar-refractivity contribution is 6.30. The minimum atomic E-state index is 0.153. The van der Waals surface area contributed by atoms with Crippen LogP contribution in [0, 0.1) is 0 Å². The van der Waals surface area contributed by atoms with Gasteiger partial charge in [0, 0.05) is 24.3 Å². The van der Waals surface area contributed by atoms with E-state index >= 15 is 0 Å². The van der Waals surface area contributed by atoms with Gasteiger partial charge in [0.15, 0.2) is 0 Å². The molecule has 1 aromatic rings. The van der Waals surface area contributed by atoms with E-state index in [2.05, 4.69) is 15.3 Å². The van der Waals surface area contributed by atoms with Gasteiger partial charge in [-0.2, -0.15) is 0 Å². The van der Waals surface area contributed by atoms with Crippen molar-refractivity contribution >= 4 is 13.4 Å². The first kappa shape index (κ1) is 9.12. The van der Waals surface area contributed by atoms with Crippen molar-refractivity contribution in [1.82, 2.24) is 9.97 Å². The van der Waals surface area contributed by atoms with Crippen molar-refractivity contribution in [1.29, 1.82) is 0 Å². The van der Waals surface area contributed by atoms with Gasteiger partial charge in [0.1, 0.15) is 0 Å². The summed E-state index contributed by atoms with van der Waals surface area (Å²) in [7, 11) is 1.66. The Morgan fingerprint density at radius 1 is 1.33 bits per heavy atom. The zero-order chi connectivity index (χ0) is 10.1. The Morgan fingerprint density at radius 3 is 2.73 bits per heavy atom. The number of nitrogens with one attached hydrogen (secondary N) is 1. The summed E-state index contributed by atoms with van der Waals surface area (Å²) in [4.78, 5) is 18.0. The van der Waals surface area contributed by atoms with E-state index in [-0.39, 0.29) is 5.82 Å². The van der Waals surface area contributed by atoms with Crippen molar-refractivity contribution in [2.75, 3.05) is 11.9 Å². The largest absolute Gasteiger partial charge is 0.354 e. The van der Waals surface area contributed by atoms with Gasteiger partial charge in [0.05, 0.1) is 6.61 Å². The first-order valence-electron chi connectivity index (χ1n) is 5.12. The first-order chi connectivity index (χ1) is 7.42. The molecule has 15 heavy (non-hydrogen) atoms. The molecule has 1 atom stereocenters. The summed E-state index contributed by atoms with van der Waals surface area (Å²) in [5, 5.41) is 3.24. The number of aromatic nitrogens is 2. The smallest absolute Gasteiger partial charge is 0.351 e. The van der Waals surface area contributed by atoms with Crippen LogP contribution in [0.2, 0.25) is 0 Å². The molecule has 1 aliphatic carbocycles. The zero-order valence-electron chi connectivity index (χ0n) is 8.22. The second kappa shape index (κ2) is 3.79. The second-order valence-electron chi connectivity index (χ2n) is 3.88. The van der Waals surface area contributed by atoms with Gasteiger partial charge >= 0.3 is 7.48 Å². The van der Waals surface area contributed by atoms with Crippen molar-refractivity contribution in [2.24, 2.45) is 0 Å². The van der Waals surface area contributed by atoms with Crippen LogP contribution in [-0.2, 0) is 9.69 Å². The third-order valence-electron chi connectivity index (χ3n) is 2.55. The average Bonchev–Trinajstić information content (AvgIpc) is 2.92. The summed E-state index contributed by atoms with van der Waals surface area (Å²) in [5.74, 6) is 0.862. The first-order valence-corrected chi connectivity index (χ1v) is 5.12. The van der Waals surface area contributed by atoms with Gasteiger partial charge in [-0.15, -0.1) is 0 Å². The van der Waals surface area contributed by atoms with E-state index in [0.29, 0.717) is 18.6 Å². The lowest BCUT2D eigenvalue weighted by atomic mass is 9.78. The van der Waals surface area contributed by atoms with Crippen LogP contribution in [0.15, 0.2) is 12.4 Å². The Balaban J connectivity index is 1.68. The SMILES string of the molecule is [B]1OOCC1c1cnc(NC2CC2)nc1. The van der Waals surface area contributed by atoms with Crippen LogP contribution in [0.5, 0.6) is 0 Å².